The lowest BCUT2D eigenvalue weighted by Crippen LogP contribution is -2.15. The first-order valence-corrected chi connectivity index (χ1v) is 5.98. The van der Waals surface area contributed by atoms with Gasteiger partial charge in [0.25, 0.3) is 0 Å². The van der Waals surface area contributed by atoms with E-state index in [0.29, 0.717) is 0 Å². The van der Waals surface area contributed by atoms with Gasteiger partial charge in [0.2, 0.25) is 0 Å². The van der Waals surface area contributed by atoms with Crippen molar-refractivity contribution in [2.24, 2.45) is 5.10 Å². The van der Waals surface area contributed by atoms with Crippen LogP contribution in [0.1, 0.15) is 22.7 Å². The van der Waals surface area contributed by atoms with Crippen LogP contribution < -0.4 is 5.43 Å². The van der Waals surface area contributed by atoms with Crippen LogP contribution in [0.5, 0.6) is 0 Å². The van der Waals surface area contributed by atoms with Crippen molar-refractivity contribution in [3.05, 3.63) is 59.7 Å². The molecule has 1 aliphatic rings. The molecule has 0 fully saturated rings. The van der Waals surface area contributed by atoms with E-state index >= 15 is 0 Å². The lowest BCUT2D eigenvalue weighted by molar-refractivity contribution is 0.748. The smallest absolute Gasteiger partial charge is 0.115 e. The molecule has 0 amide bonds. The quantitative estimate of drug-likeness (QED) is 0.869. The standard InChI is InChI=1S/C14H14N4/c1-10-2-4-11(5-3-10)14-12(8-17-18-14)13-6-7-15-9-16-13/h2-7,9,12,17H,8H2,1H3. The highest BCUT2D eigenvalue weighted by Crippen LogP contribution is 2.22. The van der Waals surface area contributed by atoms with Gasteiger partial charge in [-0.15, -0.1) is 0 Å². The number of hydrogen-bond donors (Lipinski definition) is 1. The van der Waals surface area contributed by atoms with Crippen LogP contribution in [0.15, 0.2) is 48.0 Å². The van der Waals surface area contributed by atoms with Crippen molar-refractivity contribution in [2.45, 2.75) is 12.8 Å². The van der Waals surface area contributed by atoms with E-state index in [-0.39, 0.29) is 5.92 Å². The van der Waals surface area contributed by atoms with Gasteiger partial charge >= 0.3 is 0 Å². The highest BCUT2D eigenvalue weighted by molar-refractivity contribution is 6.05. The second-order valence-electron chi connectivity index (χ2n) is 4.41. The first kappa shape index (κ1) is 10.9. The Morgan fingerprint density at radius 3 is 2.72 bits per heavy atom. The molecule has 0 aliphatic carbocycles. The molecule has 1 aromatic heterocycles. The Hall–Kier alpha value is -2.23. The van der Waals surface area contributed by atoms with Gasteiger partial charge in [-0.1, -0.05) is 29.8 Å². The number of aryl methyl sites for hydroxylation is 1. The molecule has 0 spiro atoms. The second kappa shape index (κ2) is 4.56. The Labute approximate surface area is 106 Å². The van der Waals surface area contributed by atoms with E-state index in [0.717, 1.165) is 23.5 Å². The summed E-state index contributed by atoms with van der Waals surface area (Å²) in [6, 6.07) is 10.4. The predicted octanol–water partition coefficient (Wildman–Crippen LogP) is 1.88. The molecule has 0 saturated heterocycles. The van der Waals surface area contributed by atoms with Gasteiger partial charge in [0, 0.05) is 12.7 Å². The van der Waals surface area contributed by atoms with Gasteiger partial charge in [0.15, 0.2) is 0 Å². The van der Waals surface area contributed by atoms with Gasteiger partial charge in [-0.05, 0) is 18.6 Å². The van der Waals surface area contributed by atoms with Crippen LogP contribution in [0.4, 0.5) is 0 Å². The Bertz CT molecular complexity index is 560. The van der Waals surface area contributed by atoms with Crippen LogP contribution in [0.2, 0.25) is 0 Å². The third kappa shape index (κ3) is 1.97. The topological polar surface area (TPSA) is 50.2 Å². The normalized spacial score (nSPS) is 18.3. The van der Waals surface area contributed by atoms with Gasteiger partial charge in [-0.25, -0.2) is 9.97 Å². The number of rotatable bonds is 2. The molecular weight excluding hydrogens is 224 g/mol. The number of hydrogen-bond acceptors (Lipinski definition) is 4. The molecular formula is C14H14N4. The van der Waals surface area contributed by atoms with Crippen molar-refractivity contribution in [3.63, 3.8) is 0 Å². The maximum atomic E-state index is 4.40. The van der Waals surface area contributed by atoms with Crippen LogP contribution in [-0.2, 0) is 0 Å². The SMILES string of the molecule is Cc1ccc(C2=NNCC2c2ccncn2)cc1. The minimum Gasteiger partial charge on any atom is -0.309 e. The van der Waals surface area contributed by atoms with Crippen LogP contribution in [0, 0.1) is 6.92 Å². The van der Waals surface area contributed by atoms with Crippen molar-refractivity contribution in [2.75, 3.05) is 6.54 Å². The van der Waals surface area contributed by atoms with Gasteiger partial charge in [-0.3, -0.25) is 0 Å². The maximum Gasteiger partial charge on any atom is 0.115 e. The summed E-state index contributed by atoms with van der Waals surface area (Å²) in [6.45, 7) is 2.88. The average molecular weight is 238 g/mol. The molecule has 90 valence electrons. The molecule has 1 N–H and O–H groups in total. The fourth-order valence-electron chi connectivity index (χ4n) is 2.14. The lowest BCUT2D eigenvalue weighted by Gasteiger charge is -2.11. The number of aromatic nitrogens is 2. The first-order valence-electron chi connectivity index (χ1n) is 5.98. The zero-order valence-corrected chi connectivity index (χ0v) is 10.2. The third-order valence-corrected chi connectivity index (χ3v) is 3.13. The van der Waals surface area contributed by atoms with E-state index in [1.807, 2.05) is 6.07 Å². The van der Waals surface area contributed by atoms with Gasteiger partial charge in [0.1, 0.15) is 6.33 Å². The molecule has 4 nitrogen and oxygen atoms in total. The van der Waals surface area contributed by atoms with Crippen LogP contribution in [0.3, 0.4) is 0 Å². The number of nitrogens with zero attached hydrogens (tertiary/aromatic N) is 3. The Morgan fingerprint density at radius 2 is 2.00 bits per heavy atom. The summed E-state index contributed by atoms with van der Waals surface area (Å²) < 4.78 is 0. The highest BCUT2D eigenvalue weighted by atomic mass is 15.3. The summed E-state index contributed by atoms with van der Waals surface area (Å²) in [5.41, 5.74) is 7.52. The van der Waals surface area contributed by atoms with Crippen LogP contribution in [0.25, 0.3) is 0 Å². The lowest BCUT2D eigenvalue weighted by atomic mass is 9.94. The van der Waals surface area contributed by atoms with E-state index in [4.69, 9.17) is 0 Å². The van der Waals surface area contributed by atoms with Gasteiger partial charge in [-0.2, -0.15) is 5.10 Å². The summed E-state index contributed by atoms with van der Waals surface area (Å²) in [4.78, 5) is 8.28. The summed E-state index contributed by atoms with van der Waals surface area (Å²) in [6.07, 6.45) is 3.35. The summed E-state index contributed by atoms with van der Waals surface area (Å²) >= 11 is 0. The van der Waals surface area contributed by atoms with Crippen molar-refractivity contribution in [1.29, 1.82) is 0 Å². The fraction of sp³-hybridized carbons (Fsp3) is 0.214. The van der Waals surface area contributed by atoms with E-state index < -0.39 is 0 Å². The second-order valence-corrected chi connectivity index (χ2v) is 4.41. The molecule has 1 aliphatic heterocycles. The number of benzene rings is 1. The van der Waals surface area contributed by atoms with Crippen LogP contribution in [-0.4, -0.2) is 22.2 Å². The summed E-state index contributed by atoms with van der Waals surface area (Å²) in [7, 11) is 0. The third-order valence-electron chi connectivity index (χ3n) is 3.13. The molecule has 4 heteroatoms. The minimum atomic E-state index is 0.204. The molecule has 1 aromatic carbocycles. The van der Waals surface area contributed by atoms with Gasteiger partial charge in [0.05, 0.1) is 17.3 Å². The van der Waals surface area contributed by atoms with Crippen molar-refractivity contribution in [1.82, 2.24) is 15.4 Å². The molecule has 2 heterocycles. The van der Waals surface area contributed by atoms with E-state index in [1.165, 1.54) is 5.56 Å². The molecule has 0 bridgehead atoms. The minimum absolute atomic E-state index is 0.204. The molecule has 0 radical (unpaired) electrons. The summed E-state index contributed by atoms with van der Waals surface area (Å²) in [5.74, 6) is 0.204. The zero-order valence-electron chi connectivity index (χ0n) is 10.2. The molecule has 1 atom stereocenters. The largest absolute Gasteiger partial charge is 0.309 e. The van der Waals surface area contributed by atoms with E-state index in [9.17, 15) is 0 Å². The van der Waals surface area contributed by atoms with Crippen LogP contribution >= 0.6 is 0 Å². The highest BCUT2D eigenvalue weighted by Gasteiger charge is 2.25. The van der Waals surface area contributed by atoms with E-state index in [1.54, 1.807) is 12.5 Å². The molecule has 2 aromatic rings. The van der Waals surface area contributed by atoms with Crippen molar-refractivity contribution >= 4 is 5.71 Å². The Kier molecular flexibility index (Phi) is 2.76. The Morgan fingerprint density at radius 1 is 1.17 bits per heavy atom. The molecule has 3 rings (SSSR count). The fourth-order valence-corrected chi connectivity index (χ4v) is 2.14. The zero-order chi connectivity index (χ0) is 12.4. The van der Waals surface area contributed by atoms with Crippen molar-refractivity contribution < 1.29 is 0 Å². The predicted molar refractivity (Wildman–Crippen MR) is 70.5 cm³/mol. The maximum absolute atomic E-state index is 4.40. The van der Waals surface area contributed by atoms with E-state index in [2.05, 4.69) is 51.7 Å². The summed E-state index contributed by atoms with van der Waals surface area (Å²) in [5, 5.41) is 4.40. The number of nitrogens with one attached hydrogen (secondary N) is 1. The Balaban J connectivity index is 1.94. The molecule has 18 heavy (non-hydrogen) atoms. The monoisotopic (exact) mass is 238 g/mol. The average Bonchev–Trinajstić information content (AvgIpc) is 2.90. The van der Waals surface area contributed by atoms with Gasteiger partial charge < -0.3 is 5.43 Å². The van der Waals surface area contributed by atoms with Crippen molar-refractivity contribution in [3.8, 4) is 0 Å². The molecule has 0 saturated carbocycles. The molecule has 1 unspecified atom stereocenters. The number of hydrazone groups is 1. The first-order chi connectivity index (χ1) is 8.84.